The molecule has 242 valence electrons. The predicted octanol–water partition coefficient (Wildman–Crippen LogP) is 3.99. The number of benzene rings is 1. The summed E-state index contributed by atoms with van der Waals surface area (Å²) in [4.78, 5) is 54.4. The monoisotopic (exact) mass is 652 g/mol. The van der Waals surface area contributed by atoms with Gasteiger partial charge in [0.25, 0.3) is 5.56 Å². The van der Waals surface area contributed by atoms with Crippen LogP contribution in [0.1, 0.15) is 45.4 Å². The number of nitrogens with zero attached hydrogens (tertiary/aromatic N) is 2. The van der Waals surface area contributed by atoms with Crippen molar-refractivity contribution in [3.63, 3.8) is 0 Å². The number of carbonyl (C=O) groups is 2. The van der Waals surface area contributed by atoms with Crippen molar-refractivity contribution in [2.45, 2.75) is 52.5 Å². The summed E-state index contributed by atoms with van der Waals surface area (Å²) in [5, 5.41) is 2.47. The minimum Gasteiger partial charge on any atom is -0.453 e. The lowest BCUT2D eigenvalue weighted by Gasteiger charge is -2.23. The van der Waals surface area contributed by atoms with E-state index in [2.05, 4.69) is 20.0 Å². The number of thioether (sulfide) groups is 1. The molecule has 1 aliphatic rings. The summed E-state index contributed by atoms with van der Waals surface area (Å²) < 4.78 is 37.2. The Hall–Kier alpha value is -3.03. The summed E-state index contributed by atoms with van der Waals surface area (Å²) >= 11 is 1.06. The Morgan fingerprint density at radius 3 is 2.68 bits per heavy atom. The van der Waals surface area contributed by atoms with Crippen LogP contribution in [0.15, 0.2) is 57.2 Å². The standard InChI is InChI=1S/C29H41N4O9PS/c1-21-18-23(42-25(21)33-14-10-24(34)32-27(33)36)20-41-43(38,16-13-30-19-22-8-6-5-7-9-22)40-15-17-44-26(35)29(2,3)11-12-31-28(37)39-4/h5-10,13-14,21,23,25H,11-12,15-20H2,1-4H3,(H,31,37)(H,32,34,36). The first-order valence-electron chi connectivity index (χ1n) is 14.3. The molecule has 3 rings (SSSR count). The van der Waals surface area contributed by atoms with Crippen LogP contribution >= 0.6 is 19.4 Å². The summed E-state index contributed by atoms with van der Waals surface area (Å²) in [5.74, 6) is 0.170. The van der Waals surface area contributed by atoms with E-state index < -0.39 is 42.7 Å². The fourth-order valence-corrected chi connectivity index (χ4v) is 6.73. The van der Waals surface area contributed by atoms with E-state index in [1.54, 1.807) is 13.8 Å². The van der Waals surface area contributed by atoms with Crippen molar-refractivity contribution < 1.29 is 32.7 Å². The van der Waals surface area contributed by atoms with Crippen LogP contribution in [0.25, 0.3) is 0 Å². The van der Waals surface area contributed by atoms with Gasteiger partial charge in [-0.1, -0.05) is 62.9 Å². The number of hydrogen-bond acceptors (Lipinski definition) is 11. The van der Waals surface area contributed by atoms with E-state index in [9.17, 15) is 23.7 Å². The number of rotatable bonds is 16. The van der Waals surface area contributed by atoms with Crippen LogP contribution in [0.4, 0.5) is 4.79 Å². The van der Waals surface area contributed by atoms with E-state index in [1.165, 1.54) is 30.2 Å². The zero-order valence-corrected chi connectivity index (χ0v) is 27.1. The molecule has 2 heterocycles. The molecule has 2 aromatic rings. The second kappa shape index (κ2) is 16.9. The van der Waals surface area contributed by atoms with Gasteiger partial charge in [-0.15, -0.1) is 0 Å². The Kier molecular flexibility index (Phi) is 13.6. The van der Waals surface area contributed by atoms with Gasteiger partial charge >= 0.3 is 19.4 Å². The van der Waals surface area contributed by atoms with Crippen molar-refractivity contribution in [1.82, 2.24) is 14.9 Å². The summed E-state index contributed by atoms with van der Waals surface area (Å²) in [7, 11) is -2.41. The lowest BCUT2D eigenvalue weighted by Crippen LogP contribution is -2.33. The van der Waals surface area contributed by atoms with Crippen molar-refractivity contribution in [3.8, 4) is 0 Å². The molecule has 4 atom stereocenters. The molecule has 0 bridgehead atoms. The number of alkyl carbamates (subject to hydrolysis) is 1. The van der Waals surface area contributed by atoms with Gasteiger partial charge < -0.3 is 23.8 Å². The number of methoxy groups -OCH3 is 1. The van der Waals surface area contributed by atoms with Crippen molar-refractivity contribution in [2.24, 2.45) is 16.3 Å². The fraction of sp³-hybridized carbons (Fsp3) is 0.552. The highest BCUT2D eigenvalue weighted by molar-refractivity contribution is 8.13. The third-order valence-corrected chi connectivity index (χ3v) is 9.86. The minimum absolute atomic E-state index is 0.00593. The predicted molar refractivity (Wildman–Crippen MR) is 168 cm³/mol. The van der Waals surface area contributed by atoms with Gasteiger partial charge in [-0.3, -0.25) is 28.7 Å². The number of aliphatic imine (C=N–C) groups is 1. The molecule has 1 fully saturated rings. The van der Waals surface area contributed by atoms with Gasteiger partial charge in [-0.25, -0.2) is 9.59 Å². The number of aromatic nitrogens is 2. The number of aromatic amines is 1. The molecule has 0 saturated carbocycles. The van der Waals surface area contributed by atoms with E-state index in [0.29, 0.717) is 19.4 Å². The van der Waals surface area contributed by atoms with E-state index in [1.807, 2.05) is 37.3 Å². The maximum Gasteiger partial charge on any atom is 0.406 e. The quantitative estimate of drug-likeness (QED) is 0.154. The van der Waals surface area contributed by atoms with E-state index >= 15 is 0 Å². The molecule has 0 aliphatic carbocycles. The van der Waals surface area contributed by atoms with Crippen molar-refractivity contribution in [1.29, 1.82) is 0 Å². The molecular weight excluding hydrogens is 611 g/mol. The molecule has 1 aliphatic heterocycles. The molecular formula is C29H41N4O9PS. The highest BCUT2D eigenvalue weighted by Gasteiger charge is 2.36. The minimum atomic E-state index is -3.68. The van der Waals surface area contributed by atoms with Gasteiger partial charge in [-0.2, -0.15) is 0 Å². The Bertz CT molecular complexity index is 1430. The summed E-state index contributed by atoms with van der Waals surface area (Å²) in [6.07, 6.45) is 2.13. The Morgan fingerprint density at radius 1 is 1.23 bits per heavy atom. The van der Waals surface area contributed by atoms with Crippen LogP contribution in [0.3, 0.4) is 0 Å². The maximum atomic E-state index is 13.7. The van der Waals surface area contributed by atoms with Gasteiger partial charge in [-0.05, 0) is 18.4 Å². The van der Waals surface area contributed by atoms with Crippen LogP contribution in [0.5, 0.6) is 0 Å². The number of ether oxygens (including phenoxy) is 2. The first kappa shape index (κ1) is 35.4. The molecule has 1 aromatic carbocycles. The highest BCUT2D eigenvalue weighted by atomic mass is 32.2. The van der Waals surface area contributed by atoms with E-state index in [-0.39, 0.29) is 42.7 Å². The Morgan fingerprint density at radius 2 is 1.98 bits per heavy atom. The lowest BCUT2D eigenvalue weighted by atomic mass is 9.91. The number of amides is 1. The Balaban J connectivity index is 1.57. The zero-order chi connectivity index (χ0) is 32.2. The van der Waals surface area contributed by atoms with Crippen molar-refractivity contribution >= 4 is 36.8 Å². The molecule has 13 nitrogen and oxygen atoms in total. The van der Waals surface area contributed by atoms with Crippen LogP contribution in [-0.4, -0.2) is 71.9 Å². The molecule has 1 aromatic heterocycles. The third kappa shape index (κ3) is 11.2. The summed E-state index contributed by atoms with van der Waals surface area (Å²) in [5.41, 5.74) is -0.787. The van der Waals surface area contributed by atoms with E-state index in [0.717, 1.165) is 17.3 Å². The van der Waals surface area contributed by atoms with Crippen molar-refractivity contribution in [2.75, 3.05) is 38.8 Å². The molecule has 0 spiro atoms. The molecule has 4 unspecified atom stereocenters. The number of H-pyrrole nitrogens is 1. The third-order valence-electron chi connectivity index (χ3n) is 6.95. The number of hydrogen-bond donors (Lipinski definition) is 2. The van der Waals surface area contributed by atoms with Gasteiger partial charge in [0, 0.05) is 42.1 Å². The van der Waals surface area contributed by atoms with Crippen LogP contribution in [-0.2, 0) is 34.4 Å². The second-order valence-corrected chi connectivity index (χ2v) is 14.2. The van der Waals surface area contributed by atoms with Gasteiger partial charge in [0.1, 0.15) is 6.23 Å². The normalized spacial score (nSPS) is 20.0. The van der Waals surface area contributed by atoms with Crippen LogP contribution < -0.4 is 16.6 Å². The molecule has 15 heteroatoms. The molecule has 2 N–H and O–H groups in total. The molecule has 0 radical (unpaired) electrons. The van der Waals surface area contributed by atoms with Crippen LogP contribution in [0.2, 0.25) is 0 Å². The van der Waals surface area contributed by atoms with Crippen LogP contribution in [0, 0.1) is 11.3 Å². The summed E-state index contributed by atoms with van der Waals surface area (Å²) in [6.45, 7) is 6.13. The fourth-order valence-electron chi connectivity index (χ4n) is 4.40. The van der Waals surface area contributed by atoms with Gasteiger partial charge in [0.05, 0.1) is 39.1 Å². The van der Waals surface area contributed by atoms with E-state index in [4.69, 9.17) is 13.8 Å². The molecule has 44 heavy (non-hydrogen) atoms. The van der Waals surface area contributed by atoms with Gasteiger partial charge in [0.15, 0.2) is 5.12 Å². The summed E-state index contributed by atoms with van der Waals surface area (Å²) in [6, 6.07) is 10.9. The second-order valence-electron chi connectivity index (χ2n) is 11.0. The topological polar surface area (TPSA) is 167 Å². The average molecular weight is 653 g/mol. The number of carbonyl (C=O) groups excluding carboxylic acids is 2. The first-order chi connectivity index (χ1) is 20.9. The SMILES string of the molecule is COC(=O)NCCC(C)(C)C(=O)SCCOP(=O)(CC=NCc1ccccc1)OCC1CC(C)C(n2ccc(=O)[nH]c2=O)O1. The first-order valence-corrected chi connectivity index (χ1v) is 17.0. The highest BCUT2D eigenvalue weighted by Crippen LogP contribution is 2.48. The number of nitrogens with one attached hydrogen (secondary N) is 2. The molecule has 1 saturated heterocycles. The molecule has 1 amide bonds. The smallest absolute Gasteiger partial charge is 0.406 e. The van der Waals surface area contributed by atoms with Gasteiger partial charge in [0.2, 0.25) is 0 Å². The largest absolute Gasteiger partial charge is 0.453 e. The maximum absolute atomic E-state index is 13.7. The zero-order valence-electron chi connectivity index (χ0n) is 25.4. The average Bonchev–Trinajstić information content (AvgIpc) is 3.36. The Labute approximate surface area is 260 Å². The lowest BCUT2D eigenvalue weighted by molar-refractivity contribution is -0.118. The van der Waals surface area contributed by atoms with Crippen molar-refractivity contribution in [3.05, 3.63) is 69.0 Å².